The molecule has 2 aromatic rings. The van der Waals surface area contributed by atoms with Crippen molar-refractivity contribution in [2.45, 2.75) is 25.3 Å². The van der Waals surface area contributed by atoms with Gasteiger partial charge in [-0.25, -0.2) is 4.98 Å². The van der Waals surface area contributed by atoms with Gasteiger partial charge in [-0.15, -0.1) is 22.7 Å². The van der Waals surface area contributed by atoms with Gasteiger partial charge in [-0.3, -0.25) is 9.69 Å². The Balaban J connectivity index is 1.48. The number of piperazine rings is 1. The van der Waals surface area contributed by atoms with Crippen molar-refractivity contribution in [2.75, 3.05) is 26.2 Å². The van der Waals surface area contributed by atoms with Crippen LogP contribution < -0.4 is 0 Å². The van der Waals surface area contributed by atoms with Gasteiger partial charge in [0.2, 0.25) is 0 Å². The molecule has 0 spiro atoms. The zero-order valence-corrected chi connectivity index (χ0v) is 14.0. The summed E-state index contributed by atoms with van der Waals surface area (Å²) >= 11 is 3.23. The zero-order chi connectivity index (χ0) is 14.9. The molecule has 0 aromatic carbocycles. The van der Waals surface area contributed by atoms with Gasteiger partial charge in [-0.1, -0.05) is 12.5 Å². The van der Waals surface area contributed by atoms with Crippen LogP contribution in [0.25, 0.3) is 9.88 Å². The first kappa shape index (κ1) is 14.4. The zero-order valence-electron chi connectivity index (χ0n) is 12.4. The highest BCUT2D eigenvalue weighted by Crippen LogP contribution is 2.29. The molecule has 0 N–H and O–H groups in total. The Hall–Kier alpha value is -1.24. The van der Waals surface area contributed by atoms with Crippen LogP contribution in [-0.4, -0.2) is 52.9 Å². The molecule has 0 radical (unpaired) electrons. The molecule has 0 unspecified atom stereocenters. The van der Waals surface area contributed by atoms with Gasteiger partial charge in [0.25, 0.3) is 5.91 Å². The second-order valence-corrected chi connectivity index (χ2v) is 7.76. The molecule has 1 atom stereocenters. The average molecular weight is 333 g/mol. The van der Waals surface area contributed by atoms with Crippen LogP contribution in [0.4, 0.5) is 0 Å². The van der Waals surface area contributed by atoms with Crippen LogP contribution in [0.3, 0.4) is 0 Å². The Kier molecular flexibility index (Phi) is 3.98. The van der Waals surface area contributed by atoms with E-state index in [-0.39, 0.29) is 5.91 Å². The molecule has 2 saturated heterocycles. The van der Waals surface area contributed by atoms with Crippen LogP contribution in [0.1, 0.15) is 29.8 Å². The summed E-state index contributed by atoms with van der Waals surface area (Å²) < 4.78 is 0. The number of thiazole rings is 1. The lowest BCUT2D eigenvalue weighted by atomic mass is 9.99. The molecule has 6 heteroatoms. The largest absolute Gasteiger partial charge is 0.334 e. The molecule has 0 aliphatic carbocycles. The Labute approximate surface area is 138 Å². The molecular formula is C16H19N3OS2. The minimum Gasteiger partial charge on any atom is -0.334 e. The number of hydrogen-bond acceptors (Lipinski definition) is 5. The second-order valence-electron chi connectivity index (χ2n) is 5.95. The van der Waals surface area contributed by atoms with E-state index < -0.39 is 0 Å². The molecule has 4 rings (SSSR count). The number of amides is 1. The van der Waals surface area contributed by atoms with Crippen LogP contribution in [0, 0.1) is 0 Å². The number of carbonyl (C=O) groups excluding carboxylic acids is 1. The minimum atomic E-state index is 0.101. The smallest absolute Gasteiger partial charge is 0.273 e. The minimum absolute atomic E-state index is 0.101. The average Bonchev–Trinajstić information content (AvgIpc) is 3.24. The molecule has 0 bridgehead atoms. The van der Waals surface area contributed by atoms with Crippen molar-refractivity contribution in [2.24, 2.45) is 0 Å². The Bertz CT molecular complexity index is 652. The number of nitrogens with zero attached hydrogens (tertiary/aromatic N) is 3. The molecule has 4 nitrogen and oxygen atoms in total. The maximum absolute atomic E-state index is 12.7. The van der Waals surface area contributed by atoms with E-state index in [2.05, 4.69) is 16.0 Å². The van der Waals surface area contributed by atoms with Crippen molar-refractivity contribution >= 4 is 28.6 Å². The molecular weight excluding hydrogens is 314 g/mol. The van der Waals surface area contributed by atoms with Gasteiger partial charge < -0.3 is 4.90 Å². The van der Waals surface area contributed by atoms with Gasteiger partial charge in [0.15, 0.2) is 0 Å². The standard InChI is InChI=1S/C16H19N3OS2/c20-16(13-11-22-15(17-13)14-5-3-9-21-14)19-8-7-18-6-2-1-4-12(18)10-19/h3,5,9,11-12H,1-2,4,6-8,10H2/t12-/m0/s1. The van der Waals surface area contributed by atoms with Gasteiger partial charge in [0.1, 0.15) is 10.7 Å². The highest BCUT2D eigenvalue weighted by molar-refractivity contribution is 7.20. The Morgan fingerprint density at radius 2 is 2.18 bits per heavy atom. The Morgan fingerprint density at radius 3 is 3.05 bits per heavy atom. The molecule has 2 aliphatic rings. The van der Waals surface area contributed by atoms with Crippen LogP contribution in [-0.2, 0) is 0 Å². The highest BCUT2D eigenvalue weighted by atomic mass is 32.1. The number of carbonyl (C=O) groups is 1. The monoisotopic (exact) mass is 333 g/mol. The second kappa shape index (κ2) is 6.10. The van der Waals surface area contributed by atoms with Gasteiger partial charge in [-0.2, -0.15) is 0 Å². The summed E-state index contributed by atoms with van der Waals surface area (Å²) in [6.07, 6.45) is 3.82. The molecule has 0 saturated carbocycles. The maximum Gasteiger partial charge on any atom is 0.273 e. The molecule has 22 heavy (non-hydrogen) atoms. The van der Waals surface area contributed by atoms with Crippen molar-refractivity contribution < 1.29 is 4.79 Å². The fourth-order valence-electron chi connectivity index (χ4n) is 3.39. The molecule has 2 fully saturated rings. The van der Waals surface area contributed by atoms with E-state index >= 15 is 0 Å². The third-order valence-corrected chi connectivity index (χ3v) is 6.46. The lowest BCUT2D eigenvalue weighted by molar-refractivity contribution is 0.0369. The van der Waals surface area contributed by atoms with E-state index in [1.165, 1.54) is 25.8 Å². The quantitative estimate of drug-likeness (QED) is 0.847. The summed E-state index contributed by atoms with van der Waals surface area (Å²) in [6, 6.07) is 4.63. The van der Waals surface area contributed by atoms with Gasteiger partial charge in [0, 0.05) is 31.1 Å². The van der Waals surface area contributed by atoms with Crippen molar-refractivity contribution in [3.05, 3.63) is 28.6 Å². The summed E-state index contributed by atoms with van der Waals surface area (Å²) in [6.45, 7) is 3.91. The van der Waals surface area contributed by atoms with E-state index in [1.54, 1.807) is 22.7 Å². The first-order valence-electron chi connectivity index (χ1n) is 7.84. The maximum atomic E-state index is 12.7. The fraction of sp³-hybridized carbons (Fsp3) is 0.500. The van der Waals surface area contributed by atoms with Crippen LogP contribution in [0.15, 0.2) is 22.9 Å². The number of hydrogen-bond donors (Lipinski definition) is 0. The van der Waals surface area contributed by atoms with E-state index in [4.69, 9.17) is 0 Å². The predicted molar refractivity (Wildman–Crippen MR) is 90.5 cm³/mol. The molecule has 4 heterocycles. The molecule has 116 valence electrons. The van der Waals surface area contributed by atoms with Crippen LogP contribution in [0.2, 0.25) is 0 Å². The van der Waals surface area contributed by atoms with Crippen LogP contribution >= 0.6 is 22.7 Å². The van der Waals surface area contributed by atoms with E-state index in [1.807, 2.05) is 21.7 Å². The lowest BCUT2D eigenvalue weighted by Gasteiger charge is -2.43. The fourth-order valence-corrected chi connectivity index (χ4v) is 5.00. The summed E-state index contributed by atoms with van der Waals surface area (Å²) in [7, 11) is 0. The first-order chi connectivity index (χ1) is 10.8. The van der Waals surface area contributed by atoms with E-state index in [0.29, 0.717) is 11.7 Å². The third-order valence-electron chi connectivity index (χ3n) is 4.58. The van der Waals surface area contributed by atoms with E-state index in [9.17, 15) is 4.79 Å². The highest BCUT2D eigenvalue weighted by Gasteiger charge is 2.32. The van der Waals surface area contributed by atoms with Crippen molar-refractivity contribution in [3.8, 4) is 9.88 Å². The van der Waals surface area contributed by atoms with Gasteiger partial charge in [0.05, 0.1) is 4.88 Å². The predicted octanol–water partition coefficient (Wildman–Crippen LogP) is 3.18. The first-order valence-corrected chi connectivity index (χ1v) is 9.60. The van der Waals surface area contributed by atoms with Crippen molar-refractivity contribution in [3.63, 3.8) is 0 Å². The third kappa shape index (κ3) is 2.71. The topological polar surface area (TPSA) is 36.4 Å². The number of thiophene rings is 1. The summed E-state index contributed by atoms with van der Waals surface area (Å²) in [5.74, 6) is 0.101. The van der Waals surface area contributed by atoms with Crippen molar-refractivity contribution in [1.82, 2.24) is 14.8 Å². The normalized spacial score (nSPS) is 22.5. The van der Waals surface area contributed by atoms with E-state index in [0.717, 1.165) is 29.5 Å². The summed E-state index contributed by atoms with van der Waals surface area (Å²) in [4.78, 5) is 23.0. The molecule has 2 aliphatic heterocycles. The van der Waals surface area contributed by atoms with Crippen LogP contribution in [0.5, 0.6) is 0 Å². The summed E-state index contributed by atoms with van der Waals surface area (Å²) in [5.41, 5.74) is 0.609. The number of rotatable bonds is 2. The lowest BCUT2D eigenvalue weighted by Crippen LogP contribution is -2.56. The number of aromatic nitrogens is 1. The molecule has 1 amide bonds. The van der Waals surface area contributed by atoms with Crippen molar-refractivity contribution in [1.29, 1.82) is 0 Å². The molecule has 2 aromatic heterocycles. The SMILES string of the molecule is O=C(c1csc(-c2cccs2)n1)N1CCN2CCCC[C@H]2C1. The summed E-state index contributed by atoms with van der Waals surface area (Å²) in [5, 5.41) is 4.90. The Morgan fingerprint density at radius 1 is 1.23 bits per heavy atom. The van der Waals surface area contributed by atoms with Gasteiger partial charge >= 0.3 is 0 Å². The number of piperidine rings is 1. The number of fused-ring (bicyclic) bond motifs is 1. The van der Waals surface area contributed by atoms with Gasteiger partial charge in [-0.05, 0) is 30.8 Å².